The van der Waals surface area contributed by atoms with Crippen molar-refractivity contribution in [2.75, 3.05) is 7.05 Å². The second-order valence-corrected chi connectivity index (χ2v) is 10.6. The molecule has 0 unspecified atom stereocenters. The molecule has 2 fully saturated rings. The summed E-state index contributed by atoms with van der Waals surface area (Å²) in [7, 11) is 2.11. The van der Waals surface area contributed by atoms with E-state index in [1.807, 2.05) is 12.4 Å². The van der Waals surface area contributed by atoms with Gasteiger partial charge in [0.1, 0.15) is 0 Å². The molecule has 0 amide bonds. The number of aromatic nitrogens is 1. The SMILES string of the molecule is CC/C(=C\C[C@@H]1CCC=C2C=C3CC[C@@H](NC)C[C@]34CC[C@@]21O4)c1ccc2ccncc2c1. The van der Waals surface area contributed by atoms with Gasteiger partial charge in [0, 0.05) is 23.8 Å². The minimum atomic E-state index is -0.0694. The van der Waals surface area contributed by atoms with Gasteiger partial charge >= 0.3 is 0 Å². The maximum absolute atomic E-state index is 7.24. The summed E-state index contributed by atoms with van der Waals surface area (Å²) in [6, 6.07) is 9.48. The summed E-state index contributed by atoms with van der Waals surface area (Å²) in [5, 5.41) is 6.02. The lowest BCUT2D eigenvalue weighted by molar-refractivity contribution is -0.115. The molecule has 172 valence electrons. The number of benzene rings is 1. The van der Waals surface area contributed by atoms with Crippen molar-refractivity contribution >= 4 is 16.3 Å². The lowest BCUT2D eigenvalue weighted by Crippen LogP contribution is -2.51. The normalized spacial score (nSPS) is 33.3. The van der Waals surface area contributed by atoms with Crippen LogP contribution in [-0.4, -0.2) is 29.3 Å². The van der Waals surface area contributed by atoms with Gasteiger partial charge in [-0.3, -0.25) is 4.98 Å². The Balaban J connectivity index is 1.29. The Kier molecular flexibility index (Phi) is 5.31. The highest BCUT2D eigenvalue weighted by molar-refractivity contribution is 5.85. The smallest absolute Gasteiger partial charge is 0.0972 e. The average molecular weight is 441 g/mol. The Labute approximate surface area is 198 Å². The van der Waals surface area contributed by atoms with Crippen LogP contribution in [0.2, 0.25) is 0 Å². The summed E-state index contributed by atoms with van der Waals surface area (Å²) >= 11 is 0. The van der Waals surface area contributed by atoms with Crippen molar-refractivity contribution in [1.29, 1.82) is 0 Å². The molecule has 1 aromatic carbocycles. The van der Waals surface area contributed by atoms with E-state index in [4.69, 9.17) is 4.74 Å². The standard InChI is InChI=1S/C30H36N2O/c1-3-21(23-8-7-22-13-16-32-20-24(22)17-23)9-10-25-5-4-6-27-18-26-11-12-28(31-2)19-29(26)14-15-30(25,27)33-29/h6-9,13,16-18,20,25,28,31H,3-5,10-12,14-15,19H2,1-2H3/b21-9+/t25-,28+,29+,30-/m0/s1. The summed E-state index contributed by atoms with van der Waals surface area (Å²) in [6.45, 7) is 2.28. The number of pyridine rings is 1. The first kappa shape index (κ1) is 21.3. The summed E-state index contributed by atoms with van der Waals surface area (Å²) in [5.41, 5.74) is 5.76. The van der Waals surface area contributed by atoms with Crippen molar-refractivity contribution in [1.82, 2.24) is 10.3 Å². The van der Waals surface area contributed by atoms with Gasteiger partial charge in [0.05, 0.1) is 11.2 Å². The van der Waals surface area contributed by atoms with Crippen molar-refractivity contribution in [2.24, 2.45) is 5.92 Å². The van der Waals surface area contributed by atoms with Crippen LogP contribution in [0, 0.1) is 5.92 Å². The molecule has 0 radical (unpaired) electrons. The fraction of sp³-hybridized carbons (Fsp3) is 0.500. The number of ether oxygens (including phenoxy) is 1. The molecule has 3 nitrogen and oxygen atoms in total. The predicted molar refractivity (Wildman–Crippen MR) is 136 cm³/mol. The van der Waals surface area contributed by atoms with Crippen molar-refractivity contribution in [3.63, 3.8) is 0 Å². The van der Waals surface area contributed by atoms with E-state index < -0.39 is 0 Å². The number of allylic oxidation sites excluding steroid dienone is 3. The van der Waals surface area contributed by atoms with E-state index in [-0.39, 0.29) is 11.2 Å². The van der Waals surface area contributed by atoms with Crippen LogP contribution in [-0.2, 0) is 4.74 Å². The highest BCUT2D eigenvalue weighted by Gasteiger charge is 2.60. The quantitative estimate of drug-likeness (QED) is 0.558. The molecule has 3 heteroatoms. The summed E-state index contributed by atoms with van der Waals surface area (Å²) < 4.78 is 7.24. The lowest BCUT2D eigenvalue weighted by Gasteiger charge is -2.50. The first-order valence-corrected chi connectivity index (χ1v) is 13.0. The fourth-order valence-corrected chi connectivity index (χ4v) is 7.13. The molecular weight excluding hydrogens is 404 g/mol. The van der Waals surface area contributed by atoms with Crippen LogP contribution in [0.25, 0.3) is 16.3 Å². The monoisotopic (exact) mass is 440 g/mol. The Hall–Kier alpha value is -2.23. The van der Waals surface area contributed by atoms with E-state index in [1.54, 1.807) is 5.57 Å². The van der Waals surface area contributed by atoms with E-state index in [2.05, 4.69) is 66.8 Å². The van der Waals surface area contributed by atoms with Crippen LogP contribution >= 0.6 is 0 Å². The van der Waals surface area contributed by atoms with Gasteiger partial charge in [0.2, 0.25) is 0 Å². The van der Waals surface area contributed by atoms with Gasteiger partial charge in [-0.05, 0) is 111 Å². The minimum absolute atomic E-state index is 0.0124. The maximum atomic E-state index is 7.24. The van der Waals surface area contributed by atoms with E-state index in [9.17, 15) is 0 Å². The molecule has 2 spiro atoms. The van der Waals surface area contributed by atoms with E-state index in [0.29, 0.717) is 12.0 Å². The number of nitrogens with one attached hydrogen (secondary N) is 1. The van der Waals surface area contributed by atoms with Gasteiger partial charge in [-0.1, -0.05) is 37.3 Å². The molecule has 1 aromatic heterocycles. The largest absolute Gasteiger partial charge is 0.359 e. The van der Waals surface area contributed by atoms with Crippen molar-refractivity contribution in [3.05, 3.63) is 71.6 Å². The number of fused-ring (bicyclic) bond motifs is 1. The molecule has 2 bridgehead atoms. The van der Waals surface area contributed by atoms with Gasteiger partial charge in [-0.2, -0.15) is 0 Å². The topological polar surface area (TPSA) is 34.1 Å². The summed E-state index contributed by atoms with van der Waals surface area (Å²) in [6.07, 6.45) is 21.9. The number of nitrogens with zero attached hydrogens (tertiary/aromatic N) is 1. The second kappa shape index (κ2) is 8.21. The van der Waals surface area contributed by atoms with Gasteiger partial charge in [0.25, 0.3) is 0 Å². The summed E-state index contributed by atoms with van der Waals surface area (Å²) in [5.74, 6) is 0.563. The zero-order chi connectivity index (χ0) is 22.5. The highest BCUT2D eigenvalue weighted by atomic mass is 16.5. The van der Waals surface area contributed by atoms with Gasteiger partial charge < -0.3 is 10.1 Å². The maximum Gasteiger partial charge on any atom is 0.0972 e. The van der Waals surface area contributed by atoms with Crippen molar-refractivity contribution in [3.8, 4) is 0 Å². The van der Waals surface area contributed by atoms with Crippen LogP contribution in [0.5, 0.6) is 0 Å². The zero-order valence-electron chi connectivity index (χ0n) is 20.1. The Morgan fingerprint density at radius 2 is 2.15 bits per heavy atom. The fourth-order valence-electron chi connectivity index (χ4n) is 7.13. The first-order chi connectivity index (χ1) is 16.2. The Morgan fingerprint density at radius 1 is 1.21 bits per heavy atom. The number of hydrogen-bond donors (Lipinski definition) is 1. The molecule has 2 aliphatic carbocycles. The van der Waals surface area contributed by atoms with Crippen molar-refractivity contribution < 1.29 is 4.74 Å². The molecule has 4 atom stereocenters. The third kappa shape index (κ3) is 3.43. The molecule has 2 aliphatic heterocycles. The molecule has 6 rings (SSSR count). The van der Waals surface area contributed by atoms with Crippen LogP contribution < -0.4 is 5.32 Å². The minimum Gasteiger partial charge on any atom is -0.359 e. The Bertz CT molecular complexity index is 1160. The van der Waals surface area contributed by atoms with Crippen LogP contribution in [0.4, 0.5) is 0 Å². The predicted octanol–water partition coefficient (Wildman–Crippen LogP) is 6.75. The molecule has 33 heavy (non-hydrogen) atoms. The van der Waals surface area contributed by atoms with Gasteiger partial charge in [0.15, 0.2) is 0 Å². The van der Waals surface area contributed by atoms with Crippen molar-refractivity contribution in [2.45, 2.75) is 82.0 Å². The number of rotatable bonds is 5. The summed E-state index contributed by atoms with van der Waals surface area (Å²) in [4.78, 5) is 4.32. The highest BCUT2D eigenvalue weighted by Crippen LogP contribution is 2.60. The van der Waals surface area contributed by atoms with Gasteiger partial charge in [-0.25, -0.2) is 0 Å². The third-order valence-electron chi connectivity index (χ3n) is 9.01. The van der Waals surface area contributed by atoms with Crippen LogP contribution in [0.1, 0.15) is 70.3 Å². The second-order valence-electron chi connectivity index (χ2n) is 10.6. The molecule has 3 heterocycles. The van der Waals surface area contributed by atoms with Crippen LogP contribution in [0.15, 0.2) is 66.0 Å². The first-order valence-electron chi connectivity index (χ1n) is 13.0. The van der Waals surface area contributed by atoms with Crippen LogP contribution in [0.3, 0.4) is 0 Å². The molecule has 4 aliphatic rings. The zero-order valence-corrected chi connectivity index (χ0v) is 20.1. The van der Waals surface area contributed by atoms with E-state index in [1.165, 1.54) is 66.0 Å². The number of hydrogen-bond acceptors (Lipinski definition) is 3. The molecule has 1 saturated heterocycles. The Morgan fingerprint density at radius 3 is 3.03 bits per heavy atom. The molecule has 1 N–H and O–H groups in total. The molecule has 1 saturated carbocycles. The van der Waals surface area contributed by atoms with E-state index >= 15 is 0 Å². The molecular formula is C30H36N2O. The van der Waals surface area contributed by atoms with E-state index in [0.717, 1.165) is 19.3 Å². The third-order valence-corrected chi connectivity index (χ3v) is 9.01. The molecule has 2 aromatic rings. The lowest BCUT2D eigenvalue weighted by atomic mass is 9.70. The van der Waals surface area contributed by atoms with Gasteiger partial charge in [-0.15, -0.1) is 0 Å². The average Bonchev–Trinajstić information content (AvgIpc) is 3.16.